The maximum absolute atomic E-state index is 13.1. The van der Waals surface area contributed by atoms with Crippen molar-refractivity contribution < 1.29 is 24.0 Å². The zero-order chi connectivity index (χ0) is 14.7. The number of carboxylic acid groups (broad SMARTS) is 1. The third-order valence-electron chi connectivity index (χ3n) is 2.32. The van der Waals surface area contributed by atoms with Gasteiger partial charge in [-0.1, -0.05) is 0 Å². The standard InChI is InChI=1S/C12H7FN2O5/c13-7-1-3-9(12(16)17)10(5-7)20-11-4-2-8(6-14-11)15(18)19/h1-6H,(H,16,17). The van der Waals surface area contributed by atoms with E-state index in [1.807, 2.05) is 0 Å². The third-order valence-corrected chi connectivity index (χ3v) is 2.32. The summed E-state index contributed by atoms with van der Waals surface area (Å²) in [5.74, 6) is -2.28. The van der Waals surface area contributed by atoms with Gasteiger partial charge in [-0.25, -0.2) is 14.2 Å². The molecule has 1 aromatic carbocycles. The summed E-state index contributed by atoms with van der Waals surface area (Å²) in [5, 5.41) is 19.4. The van der Waals surface area contributed by atoms with Gasteiger partial charge in [-0.3, -0.25) is 10.1 Å². The SMILES string of the molecule is O=C(O)c1ccc(F)cc1Oc1ccc([N+](=O)[O-])cn1. The number of hydrogen-bond donors (Lipinski definition) is 1. The molecule has 7 nitrogen and oxygen atoms in total. The molecular formula is C12H7FN2O5. The molecule has 0 fully saturated rings. The van der Waals surface area contributed by atoms with Gasteiger partial charge in [-0.2, -0.15) is 0 Å². The van der Waals surface area contributed by atoms with Gasteiger partial charge in [0.2, 0.25) is 5.88 Å². The Morgan fingerprint density at radius 2 is 2.10 bits per heavy atom. The molecule has 2 rings (SSSR count). The Morgan fingerprint density at radius 1 is 1.35 bits per heavy atom. The smallest absolute Gasteiger partial charge is 0.339 e. The molecule has 1 heterocycles. The Hall–Kier alpha value is -3.03. The van der Waals surface area contributed by atoms with Crippen LogP contribution in [0.15, 0.2) is 36.5 Å². The van der Waals surface area contributed by atoms with Gasteiger partial charge in [0.1, 0.15) is 23.3 Å². The third kappa shape index (κ3) is 2.86. The molecule has 0 bridgehead atoms. The monoisotopic (exact) mass is 278 g/mol. The van der Waals surface area contributed by atoms with Crippen molar-refractivity contribution in [2.45, 2.75) is 0 Å². The van der Waals surface area contributed by atoms with Crippen LogP contribution in [0.1, 0.15) is 10.4 Å². The lowest BCUT2D eigenvalue weighted by molar-refractivity contribution is -0.385. The van der Waals surface area contributed by atoms with Gasteiger partial charge in [-0.05, 0) is 12.1 Å². The summed E-state index contributed by atoms with van der Waals surface area (Å²) in [7, 11) is 0. The number of rotatable bonds is 4. The Bertz CT molecular complexity index is 672. The van der Waals surface area contributed by atoms with Gasteiger partial charge in [0.05, 0.1) is 4.92 Å². The van der Waals surface area contributed by atoms with Crippen molar-refractivity contribution in [1.29, 1.82) is 0 Å². The molecule has 1 aromatic heterocycles. The van der Waals surface area contributed by atoms with Gasteiger partial charge >= 0.3 is 5.97 Å². The van der Waals surface area contributed by atoms with E-state index < -0.39 is 16.7 Å². The lowest BCUT2D eigenvalue weighted by atomic mass is 10.2. The van der Waals surface area contributed by atoms with Gasteiger partial charge < -0.3 is 9.84 Å². The second-order valence-electron chi connectivity index (χ2n) is 3.66. The number of benzene rings is 1. The van der Waals surface area contributed by atoms with Crippen LogP contribution in [0.5, 0.6) is 11.6 Å². The molecule has 0 aliphatic carbocycles. The highest BCUT2D eigenvalue weighted by Crippen LogP contribution is 2.26. The number of pyridine rings is 1. The maximum atomic E-state index is 13.1. The van der Waals surface area contributed by atoms with Crippen molar-refractivity contribution in [3.8, 4) is 11.6 Å². The van der Waals surface area contributed by atoms with E-state index in [0.717, 1.165) is 30.5 Å². The quantitative estimate of drug-likeness (QED) is 0.681. The summed E-state index contributed by atoms with van der Waals surface area (Å²) < 4.78 is 18.2. The van der Waals surface area contributed by atoms with Crippen LogP contribution in [-0.4, -0.2) is 21.0 Å². The molecule has 0 atom stereocenters. The molecule has 0 spiro atoms. The number of hydrogen-bond acceptors (Lipinski definition) is 5. The summed E-state index contributed by atoms with van der Waals surface area (Å²) >= 11 is 0. The number of nitro groups is 1. The summed E-state index contributed by atoms with van der Waals surface area (Å²) in [6.45, 7) is 0. The Labute approximate surface area is 111 Å². The Kier molecular flexibility index (Phi) is 3.56. The summed E-state index contributed by atoms with van der Waals surface area (Å²) in [6, 6.07) is 5.27. The van der Waals surface area contributed by atoms with E-state index in [-0.39, 0.29) is 22.9 Å². The highest BCUT2D eigenvalue weighted by Gasteiger charge is 2.14. The van der Waals surface area contributed by atoms with E-state index in [4.69, 9.17) is 9.84 Å². The number of aromatic nitrogens is 1. The van der Waals surface area contributed by atoms with Crippen LogP contribution in [-0.2, 0) is 0 Å². The first kappa shape index (κ1) is 13.4. The zero-order valence-corrected chi connectivity index (χ0v) is 9.82. The fraction of sp³-hybridized carbons (Fsp3) is 0. The minimum Gasteiger partial charge on any atom is -0.478 e. The molecule has 2 aromatic rings. The van der Waals surface area contributed by atoms with Crippen LogP contribution in [0.4, 0.5) is 10.1 Å². The van der Waals surface area contributed by atoms with Crippen LogP contribution in [0, 0.1) is 15.9 Å². The van der Waals surface area contributed by atoms with E-state index >= 15 is 0 Å². The first-order valence-corrected chi connectivity index (χ1v) is 5.28. The molecule has 0 aliphatic heterocycles. The number of carbonyl (C=O) groups is 1. The molecule has 0 unspecified atom stereocenters. The lowest BCUT2D eigenvalue weighted by Gasteiger charge is -2.07. The highest BCUT2D eigenvalue weighted by atomic mass is 19.1. The van der Waals surface area contributed by atoms with Crippen molar-refractivity contribution in [1.82, 2.24) is 4.98 Å². The first-order chi connectivity index (χ1) is 9.47. The van der Waals surface area contributed by atoms with E-state index in [2.05, 4.69) is 4.98 Å². The highest BCUT2D eigenvalue weighted by molar-refractivity contribution is 5.90. The summed E-state index contributed by atoms with van der Waals surface area (Å²) in [6.07, 6.45) is 0.953. The van der Waals surface area contributed by atoms with E-state index in [9.17, 15) is 19.3 Å². The van der Waals surface area contributed by atoms with Crippen molar-refractivity contribution >= 4 is 11.7 Å². The molecule has 1 N–H and O–H groups in total. The van der Waals surface area contributed by atoms with Crippen LogP contribution in [0.3, 0.4) is 0 Å². The molecule has 0 saturated heterocycles. The van der Waals surface area contributed by atoms with Crippen molar-refractivity contribution in [3.63, 3.8) is 0 Å². The largest absolute Gasteiger partial charge is 0.478 e. The minimum atomic E-state index is -1.29. The van der Waals surface area contributed by atoms with Crippen molar-refractivity contribution in [2.24, 2.45) is 0 Å². The maximum Gasteiger partial charge on any atom is 0.339 e. The van der Waals surface area contributed by atoms with Crippen LogP contribution in [0.2, 0.25) is 0 Å². The van der Waals surface area contributed by atoms with Gasteiger partial charge in [0.15, 0.2) is 0 Å². The normalized spacial score (nSPS) is 10.1. The molecule has 0 radical (unpaired) electrons. The molecule has 0 aliphatic rings. The fourth-order valence-electron chi connectivity index (χ4n) is 1.41. The second-order valence-corrected chi connectivity index (χ2v) is 3.66. The molecule has 20 heavy (non-hydrogen) atoms. The van der Waals surface area contributed by atoms with Crippen molar-refractivity contribution in [3.05, 3.63) is 58.0 Å². The Morgan fingerprint density at radius 3 is 2.65 bits per heavy atom. The lowest BCUT2D eigenvalue weighted by Crippen LogP contribution is -2.01. The predicted octanol–water partition coefficient (Wildman–Crippen LogP) is 2.62. The van der Waals surface area contributed by atoms with Gasteiger partial charge in [0.25, 0.3) is 5.69 Å². The van der Waals surface area contributed by atoms with E-state index in [0.29, 0.717) is 0 Å². The van der Waals surface area contributed by atoms with Crippen molar-refractivity contribution in [2.75, 3.05) is 0 Å². The minimum absolute atomic E-state index is 0.0799. The summed E-state index contributed by atoms with van der Waals surface area (Å²) in [4.78, 5) is 24.4. The number of carboxylic acids is 1. The van der Waals surface area contributed by atoms with Crippen LogP contribution < -0.4 is 4.74 Å². The molecule has 0 amide bonds. The fourth-order valence-corrected chi connectivity index (χ4v) is 1.41. The molecule has 0 saturated carbocycles. The van der Waals surface area contributed by atoms with Crippen LogP contribution in [0.25, 0.3) is 0 Å². The number of aromatic carboxylic acids is 1. The number of ether oxygens (including phenoxy) is 1. The topological polar surface area (TPSA) is 103 Å². The molecule has 102 valence electrons. The van der Waals surface area contributed by atoms with Gasteiger partial charge in [0, 0.05) is 18.2 Å². The Balaban J connectivity index is 2.31. The van der Waals surface area contributed by atoms with E-state index in [1.54, 1.807) is 0 Å². The summed E-state index contributed by atoms with van der Waals surface area (Å²) in [5.41, 5.74) is -0.485. The predicted molar refractivity (Wildman–Crippen MR) is 64.3 cm³/mol. The zero-order valence-electron chi connectivity index (χ0n) is 9.82. The average Bonchev–Trinajstić information content (AvgIpc) is 2.39. The van der Waals surface area contributed by atoms with Gasteiger partial charge in [-0.15, -0.1) is 0 Å². The molecular weight excluding hydrogens is 271 g/mol. The number of halogens is 1. The van der Waals surface area contributed by atoms with E-state index in [1.165, 1.54) is 6.07 Å². The average molecular weight is 278 g/mol. The second kappa shape index (κ2) is 5.31. The van der Waals surface area contributed by atoms with Crippen LogP contribution >= 0.6 is 0 Å². The number of nitrogens with zero attached hydrogens (tertiary/aromatic N) is 2. The first-order valence-electron chi connectivity index (χ1n) is 5.28. The molecule has 8 heteroatoms.